The first-order valence-corrected chi connectivity index (χ1v) is 7.83. The normalized spacial score (nSPS) is 18.8. The van der Waals surface area contributed by atoms with Crippen LogP contribution in [0.4, 0.5) is 4.79 Å². The van der Waals surface area contributed by atoms with Crippen LogP contribution in [0.3, 0.4) is 0 Å². The Balaban J connectivity index is 2.36. The second-order valence-corrected chi connectivity index (χ2v) is 5.83. The molecule has 2 unspecified atom stereocenters. The summed E-state index contributed by atoms with van der Waals surface area (Å²) in [6, 6.07) is -1.17. The fraction of sp³-hybridized carbons (Fsp3) is 0.867. The van der Waals surface area contributed by atoms with E-state index in [1.54, 1.807) is 7.11 Å². The summed E-state index contributed by atoms with van der Waals surface area (Å²) in [6.07, 6.45) is 6.95. The second-order valence-electron chi connectivity index (χ2n) is 5.83. The van der Waals surface area contributed by atoms with E-state index in [0.29, 0.717) is 25.4 Å². The minimum absolute atomic E-state index is 0.0821. The van der Waals surface area contributed by atoms with Crippen LogP contribution >= 0.6 is 0 Å². The Bertz CT molecular complexity index is 330. The smallest absolute Gasteiger partial charge is 0.326 e. The molecule has 122 valence electrons. The van der Waals surface area contributed by atoms with Gasteiger partial charge in [0.25, 0.3) is 0 Å². The lowest BCUT2D eigenvalue weighted by Crippen LogP contribution is -2.50. The summed E-state index contributed by atoms with van der Waals surface area (Å²) in [5.41, 5.74) is 0. The Morgan fingerprint density at radius 1 is 1.24 bits per heavy atom. The van der Waals surface area contributed by atoms with Gasteiger partial charge < -0.3 is 20.5 Å². The van der Waals surface area contributed by atoms with E-state index in [4.69, 9.17) is 9.84 Å². The number of carbonyl (C=O) groups is 2. The van der Waals surface area contributed by atoms with Crippen molar-refractivity contribution in [2.75, 3.05) is 13.7 Å². The summed E-state index contributed by atoms with van der Waals surface area (Å²) in [4.78, 5) is 23.1. The van der Waals surface area contributed by atoms with Crippen molar-refractivity contribution in [1.29, 1.82) is 0 Å². The van der Waals surface area contributed by atoms with E-state index in [1.165, 1.54) is 19.3 Å². The highest BCUT2D eigenvalue weighted by Gasteiger charge is 2.24. The van der Waals surface area contributed by atoms with Crippen LogP contribution in [0.5, 0.6) is 0 Å². The molecule has 0 bridgehead atoms. The van der Waals surface area contributed by atoms with Crippen LogP contribution in [-0.2, 0) is 9.53 Å². The van der Waals surface area contributed by atoms with Crippen LogP contribution < -0.4 is 10.6 Å². The molecule has 0 aromatic rings. The Morgan fingerprint density at radius 2 is 1.90 bits per heavy atom. The number of ether oxygens (including phenoxy) is 1. The topological polar surface area (TPSA) is 87.7 Å². The molecule has 6 nitrogen and oxygen atoms in total. The molecule has 1 saturated carbocycles. The highest BCUT2D eigenvalue weighted by Crippen LogP contribution is 2.26. The lowest BCUT2D eigenvalue weighted by molar-refractivity contribution is -0.139. The maximum absolute atomic E-state index is 11.9. The largest absolute Gasteiger partial charge is 0.480 e. The van der Waals surface area contributed by atoms with Crippen LogP contribution in [0, 0.1) is 5.92 Å². The van der Waals surface area contributed by atoms with Crippen molar-refractivity contribution in [1.82, 2.24) is 10.6 Å². The summed E-state index contributed by atoms with van der Waals surface area (Å²) in [5, 5.41) is 14.5. The number of nitrogens with one attached hydrogen (secondary N) is 2. The first kappa shape index (κ1) is 17.8. The number of rotatable bonds is 8. The highest BCUT2D eigenvalue weighted by atomic mass is 16.5. The molecule has 0 saturated heterocycles. The third-order valence-electron chi connectivity index (χ3n) is 4.16. The average Bonchev–Trinajstić information content (AvgIpc) is 2.47. The average molecular weight is 300 g/mol. The molecule has 2 amide bonds. The van der Waals surface area contributed by atoms with Gasteiger partial charge >= 0.3 is 12.0 Å². The number of methoxy groups -OCH3 is 1. The summed E-state index contributed by atoms with van der Waals surface area (Å²) in [7, 11) is 1.57. The zero-order valence-electron chi connectivity index (χ0n) is 13.1. The molecule has 1 fully saturated rings. The van der Waals surface area contributed by atoms with Gasteiger partial charge in [0, 0.05) is 19.8 Å². The Labute approximate surface area is 126 Å². The van der Waals surface area contributed by atoms with Gasteiger partial charge in [-0.2, -0.15) is 0 Å². The molecule has 0 aromatic carbocycles. The van der Waals surface area contributed by atoms with Gasteiger partial charge in [-0.05, 0) is 38.5 Å². The lowest BCUT2D eigenvalue weighted by Gasteiger charge is -2.28. The van der Waals surface area contributed by atoms with E-state index in [9.17, 15) is 9.59 Å². The van der Waals surface area contributed by atoms with Gasteiger partial charge in [0.15, 0.2) is 0 Å². The highest BCUT2D eigenvalue weighted by molar-refractivity contribution is 5.82. The number of carboxylic acid groups (broad SMARTS) is 1. The zero-order valence-corrected chi connectivity index (χ0v) is 13.1. The SMILES string of the molecule is COCCCC(NC(=O)NC(C)C1CCCCC1)C(=O)O. The van der Waals surface area contributed by atoms with Crippen molar-refractivity contribution >= 4 is 12.0 Å². The molecule has 0 aromatic heterocycles. The molecular weight excluding hydrogens is 272 g/mol. The summed E-state index contributed by atoms with van der Waals surface area (Å²) < 4.78 is 4.90. The number of amides is 2. The lowest BCUT2D eigenvalue weighted by atomic mass is 9.85. The van der Waals surface area contributed by atoms with Crippen molar-refractivity contribution in [2.24, 2.45) is 5.92 Å². The van der Waals surface area contributed by atoms with Gasteiger partial charge in [-0.15, -0.1) is 0 Å². The van der Waals surface area contributed by atoms with Crippen LogP contribution in [-0.4, -0.2) is 42.9 Å². The van der Waals surface area contributed by atoms with E-state index < -0.39 is 18.0 Å². The minimum Gasteiger partial charge on any atom is -0.480 e. The van der Waals surface area contributed by atoms with Gasteiger partial charge in [0.2, 0.25) is 0 Å². The van der Waals surface area contributed by atoms with Gasteiger partial charge in [-0.3, -0.25) is 0 Å². The molecule has 0 radical (unpaired) electrons. The molecule has 1 rings (SSSR count). The van der Waals surface area contributed by atoms with E-state index in [0.717, 1.165) is 12.8 Å². The summed E-state index contributed by atoms with van der Waals surface area (Å²) in [6.45, 7) is 2.49. The molecule has 1 aliphatic rings. The minimum atomic E-state index is -1.01. The van der Waals surface area contributed by atoms with Crippen LogP contribution in [0.15, 0.2) is 0 Å². The van der Waals surface area contributed by atoms with Crippen molar-refractivity contribution in [3.05, 3.63) is 0 Å². The van der Waals surface area contributed by atoms with Gasteiger partial charge in [-0.1, -0.05) is 19.3 Å². The first-order chi connectivity index (χ1) is 10.0. The molecule has 0 aliphatic heterocycles. The number of aliphatic carboxylic acids is 1. The quantitative estimate of drug-likeness (QED) is 0.599. The van der Waals surface area contributed by atoms with Crippen LogP contribution in [0.25, 0.3) is 0 Å². The van der Waals surface area contributed by atoms with Crippen molar-refractivity contribution in [3.8, 4) is 0 Å². The van der Waals surface area contributed by atoms with Gasteiger partial charge in [-0.25, -0.2) is 9.59 Å². The molecule has 0 heterocycles. The Hall–Kier alpha value is -1.30. The second kappa shape index (κ2) is 9.60. The summed E-state index contributed by atoms with van der Waals surface area (Å²) in [5.74, 6) is -0.507. The number of urea groups is 1. The molecular formula is C15H28N2O4. The van der Waals surface area contributed by atoms with Crippen molar-refractivity contribution < 1.29 is 19.4 Å². The molecule has 1 aliphatic carbocycles. The predicted octanol–water partition coefficient (Wildman–Crippen LogP) is 2.13. The van der Waals surface area contributed by atoms with Gasteiger partial charge in [0.1, 0.15) is 6.04 Å². The fourth-order valence-electron chi connectivity index (χ4n) is 2.85. The third kappa shape index (κ3) is 6.80. The third-order valence-corrected chi connectivity index (χ3v) is 4.16. The maximum Gasteiger partial charge on any atom is 0.326 e. The Morgan fingerprint density at radius 3 is 2.48 bits per heavy atom. The number of hydrogen-bond acceptors (Lipinski definition) is 3. The number of carbonyl (C=O) groups excluding carboxylic acids is 1. The molecule has 0 spiro atoms. The fourth-order valence-corrected chi connectivity index (χ4v) is 2.85. The van der Waals surface area contributed by atoms with E-state index in [-0.39, 0.29) is 6.04 Å². The monoisotopic (exact) mass is 300 g/mol. The first-order valence-electron chi connectivity index (χ1n) is 7.83. The van der Waals surface area contributed by atoms with Gasteiger partial charge in [0.05, 0.1) is 0 Å². The molecule has 6 heteroatoms. The molecule has 3 N–H and O–H groups in total. The summed E-state index contributed by atoms with van der Waals surface area (Å²) >= 11 is 0. The Kier molecular flexibility index (Phi) is 8.12. The number of hydrogen-bond donors (Lipinski definition) is 3. The van der Waals surface area contributed by atoms with Crippen molar-refractivity contribution in [3.63, 3.8) is 0 Å². The standard InChI is InChI=1S/C15H28N2O4/c1-11(12-7-4-3-5-8-12)16-15(20)17-13(14(18)19)9-6-10-21-2/h11-13H,3-10H2,1-2H3,(H,18,19)(H2,16,17,20). The van der Waals surface area contributed by atoms with Crippen LogP contribution in [0.1, 0.15) is 51.9 Å². The van der Waals surface area contributed by atoms with E-state index >= 15 is 0 Å². The van der Waals surface area contributed by atoms with E-state index in [2.05, 4.69) is 10.6 Å². The molecule has 21 heavy (non-hydrogen) atoms. The van der Waals surface area contributed by atoms with E-state index in [1.807, 2.05) is 6.92 Å². The number of carboxylic acids is 1. The van der Waals surface area contributed by atoms with Crippen molar-refractivity contribution in [2.45, 2.75) is 64.0 Å². The van der Waals surface area contributed by atoms with Crippen LogP contribution in [0.2, 0.25) is 0 Å². The molecule has 2 atom stereocenters. The predicted molar refractivity (Wildman–Crippen MR) is 80.2 cm³/mol. The zero-order chi connectivity index (χ0) is 15.7. The maximum atomic E-state index is 11.9.